The highest BCUT2D eigenvalue weighted by molar-refractivity contribution is 5.74. The number of anilines is 1. The third-order valence-corrected chi connectivity index (χ3v) is 4.98. The highest BCUT2D eigenvalue weighted by atomic mass is 16.2. The lowest BCUT2D eigenvalue weighted by atomic mass is 10.1. The smallest absolute Gasteiger partial charge is 0.317 e. The van der Waals surface area contributed by atoms with Gasteiger partial charge in [0.15, 0.2) is 0 Å². The first-order valence-electron chi connectivity index (χ1n) is 8.86. The number of carbonyl (C=O) groups is 1. The Balaban J connectivity index is 1.55. The van der Waals surface area contributed by atoms with Crippen molar-refractivity contribution in [1.82, 2.24) is 15.1 Å². The summed E-state index contributed by atoms with van der Waals surface area (Å²) in [5.74, 6) is 0. The van der Waals surface area contributed by atoms with E-state index in [1.165, 1.54) is 24.1 Å². The zero-order valence-corrected chi connectivity index (χ0v) is 14.1. The van der Waals surface area contributed by atoms with E-state index in [0.717, 1.165) is 45.8 Å². The van der Waals surface area contributed by atoms with Crippen LogP contribution in [0.4, 0.5) is 10.5 Å². The van der Waals surface area contributed by atoms with Crippen LogP contribution in [0.3, 0.4) is 0 Å². The first-order chi connectivity index (χ1) is 11.3. The summed E-state index contributed by atoms with van der Waals surface area (Å²) >= 11 is 0. The summed E-state index contributed by atoms with van der Waals surface area (Å²) < 4.78 is 0. The number of likely N-dealkylation sites (N-methyl/N-ethyl adjacent to an activating group) is 1. The van der Waals surface area contributed by atoms with Gasteiger partial charge in [0, 0.05) is 51.5 Å². The predicted molar refractivity (Wildman–Crippen MR) is 93.8 cm³/mol. The standard InChI is InChI=1S/C18H28N4O/c1-2-20-11-13-22(14-12-20)18(23)19-15-16-7-3-4-8-17(16)21-9-5-6-10-21/h3-4,7-8H,2,5-6,9-15H2,1H3,(H,19,23). The highest BCUT2D eigenvalue weighted by Gasteiger charge is 2.20. The molecule has 2 amide bonds. The number of carbonyl (C=O) groups excluding carboxylic acids is 1. The molecule has 2 fully saturated rings. The van der Waals surface area contributed by atoms with Gasteiger partial charge in [0.2, 0.25) is 0 Å². The molecule has 126 valence electrons. The van der Waals surface area contributed by atoms with Crippen molar-refractivity contribution in [3.05, 3.63) is 29.8 Å². The molecule has 1 N–H and O–H groups in total. The molecule has 23 heavy (non-hydrogen) atoms. The van der Waals surface area contributed by atoms with Gasteiger partial charge in [-0.25, -0.2) is 4.79 Å². The van der Waals surface area contributed by atoms with E-state index in [4.69, 9.17) is 0 Å². The van der Waals surface area contributed by atoms with Gasteiger partial charge in [-0.3, -0.25) is 0 Å². The van der Waals surface area contributed by atoms with Crippen molar-refractivity contribution < 1.29 is 4.79 Å². The number of benzene rings is 1. The first kappa shape index (κ1) is 16.1. The fraction of sp³-hybridized carbons (Fsp3) is 0.611. The summed E-state index contributed by atoms with van der Waals surface area (Å²) in [4.78, 5) is 19.1. The Morgan fingerprint density at radius 3 is 2.43 bits per heavy atom. The fourth-order valence-corrected chi connectivity index (χ4v) is 3.48. The Labute approximate surface area is 139 Å². The molecule has 2 aliphatic heterocycles. The van der Waals surface area contributed by atoms with Crippen LogP contribution >= 0.6 is 0 Å². The highest BCUT2D eigenvalue weighted by Crippen LogP contribution is 2.24. The molecule has 0 bridgehead atoms. The molecular formula is C18H28N4O. The van der Waals surface area contributed by atoms with Crippen LogP contribution in [0.5, 0.6) is 0 Å². The Hall–Kier alpha value is -1.75. The lowest BCUT2D eigenvalue weighted by Gasteiger charge is -2.34. The normalized spacial score (nSPS) is 19.2. The van der Waals surface area contributed by atoms with Gasteiger partial charge in [-0.2, -0.15) is 0 Å². The van der Waals surface area contributed by atoms with Crippen LogP contribution in [-0.2, 0) is 6.54 Å². The van der Waals surface area contributed by atoms with E-state index < -0.39 is 0 Å². The monoisotopic (exact) mass is 316 g/mol. The Bertz CT molecular complexity index is 520. The van der Waals surface area contributed by atoms with Crippen LogP contribution in [0.1, 0.15) is 25.3 Å². The second-order valence-electron chi connectivity index (χ2n) is 6.40. The zero-order chi connectivity index (χ0) is 16.1. The number of nitrogens with zero attached hydrogens (tertiary/aromatic N) is 3. The molecule has 1 aromatic rings. The van der Waals surface area contributed by atoms with E-state index in [2.05, 4.69) is 46.3 Å². The Morgan fingerprint density at radius 2 is 1.74 bits per heavy atom. The number of amides is 2. The van der Waals surface area contributed by atoms with Gasteiger partial charge in [-0.05, 0) is 31.0 Å². The molecule has 2 aliphatic rings. The molecule has 0 unspecified atom stereocenters. The fourth-order valence-electron chi connectivity index (χ4n) is 3.48. The maximum atomic E-state index is 12.4. The van der Waals surface area contributed by atoms with Crippen molar-refractivity contribution in [3.63, 3.8) is 0 Å². The summed E-state index contributed by atoms with van der Waals surface area (Å²) in [7, 11) is 0. The quantitative estimate of drug-likeness (QED) is 0.925. The van der Waals surface area contributed by atoms with Crippen LogP contribution in [0.15, 0.2) is 24.3 Å². The molecule has 0 radical (unpaired) electrons. The molecule has 0 spiro atoms. The molecule has 0 saturated carbocycles. The van der Waals surface area contributed by atoms with Gasteiger partial charge in [0.1, 0.15) is 0 Å². The topological polar surface area (TPSA) is 38.8 Å². The number of nitrogens with one attached hydrogen (secondary N) is 1. The molecular weight excluding hydrogens is 288 g/mol. The van der Waals surface area contributed by atoms with Crippen LogP contribution in [-0.4, -0.2) is 61.6 Å². The molecule has 0 aliphatic carbocycles. The van der Waals surface area contributed by atoms with E-state index in [1.807, 2.05) is 4.90 Å². The molecule has 0 atom stereocenters. The molecule has 2 heterocycles. The minimum atomic E-state index is 0.0666. The van der Waals surface area contributed by atoms with E-state index >= 15 is 0 Å². The number of piperazine rings is 1. The third kappa shape index (κ3) is 3.96. The van der Waals surface area contributed by atoms with Crippen LogP contribution in [0.25, 0.3) is 0 Å². The van der Waals surface area contributed by atoms with Gasteiger partial charge in [0.25, 0.3) is 0 Å². The molecule has 5 heteroatoms. The van der Waals surface area contributed by atoms with Crippen molar-refractivity contribution in [1.29, 1.82) is 0 Å². The number of rotatable bonds is 4. The molecule has 2 saturated heterocycles. The second-order valence-corrected chi connectivity index (χ2v) is 6.40. The number of urea groups is 1. The van der Waals surface area contributed by atoms with Crippen molar-refractivity contribution in [2.45, 2.75) is 26.3 Å². The largest absolute Gasteiger partial charge is 0.371 e. The van der Waals surface area contributed by atoms with Crippen molar-refractivity contribution >= 4 is 11.7 Å². The lowest BCUT2D eigenvalue weighted by molar-refractivity contribution is 0.142. The summed E-state index contributed by atoms with van der Waals surface area (Å²) in [5.41, 5.74) is 2.50. The number of hydrogen-bond acceptors (Lipinski definition) is 3. The molecule has 3 rings (SSSR count). The van der Waals surface area contributed by atoms with Crippen molar-refractivity contribution in [3.8, 4) is 0 Å². The number of para-hydroxylation sites is 1. The number of hydrogen-bond donors (Lipinski definition) is 1. The van der Waals surface area contributed by atoms with E-state index in [1.54, 1.807) is 0 Å². The average Bonchev–Trinajstić information content (AvgIpc) is 3.14. The Kier molecular flexibility index (Phi) is 5.39. The van der Waals surface area contributed by atoms with Gasteiger partial charge in [-0.15, -0.1) is 0 Å². The summed E-state index contributed by atoms with van der Waals surface area (Å²) in [6, 6.07) is 8.51. The van der Waals surface area contributed by atoms with Gasteiger partial charge >= 0.3 is 6.03 Å². The van der Waals surface area contributed by atoms with Crippen LogP contribution < -0.4 is 10.2 Å². The average molecular weight is 316 g/mol. The van der Waals surface area contributed by atoms with Crippen LogP contribution in [0, 0.1) is 0 Å². The summed E-state index contributed by atoms with van der Waals surface area (Å²) in [6.45, 7) is 9.72. The molecule has 0 aromatic heterocycles. The summed E-state index contributed by atoms with van der Waals surface area (Å²) in [5, 5.41) is 3.11. The van der Waals surface area contributed by atoms with Crippen molar-refractivity contribution in [2.24, 2.45) is 0 Å². The Morgan fingerprint density at radius 1 is 1.04 bits per heavy atom. The maximum absolute atomic E-state index is 12.4. The first-order valence-corrected chi connectivity index (χ1v) is 8.86. The zero-order valence-electron chi connectivity index (χ0n) is 14.1. The lowest BCUT2D eigenvalue weighted by Crippen LogP contribution is -2.51. The third-order valence-electron chi connectivity index (χ3n) is 4.98. The maximum Gasteiger partial charge on any atom is 0.317 e. The minimum Gasteiger partial charge on any atom is -0.371 e. The molecule has 5 nitrogen and oxygen atoms in total. The summed E-state index contributed by atoms with van der Waals surface area (Å²) in [6.07, 6.45) is 2.53. The van der Waals surface area contributed by atoms with Crippen molar-refractivity contribution in [2.75, 3.05) is 50.7 Å². The van der Waals surface area contributed by atoms with Gasteiger partial charge in [-0.1, -0.05) is 25.1 Å². The van der Waals surface area contributed by atoms with Crippen LogP contribution in [0.2, 0.25) is 0 Å². The van der Waals surface area contributed by atoms with Gasteiger partial charge in [0.05, 0.1) is 0 Å². The van der Waals surface area contributed by atoms with E-state index in [9.17, 15) is 4.79 Å². The van der Waals surface area contributed by atoms with E-state index in [0.29, 0.717) is 6.54 Å². The minimum absolute atomic E-state index is 0.0666. The molecule has 1 aromatic carbocycles. The SMILES string of the molecule is CCN1CCN(C(=O)NCc2ccccc2N2CCCC2)CC1. The second kappa shape index (κ2) is 7.68. The van der Waals surface area contributed by atoms with E-state index in [-0.39, 0.29) is 6.03 Å². The van der Waals surface area contributed by atoms with Gasteiger partial charge < -0.3 is 20.0 Å². The predicted octanol–water partition coefficient (Wildman–Crippen LogP) is 2.13.